The van der Waals surface area contributed by atoms with Crippen molar-refractivity contribution in [2.24, 2.45) is 0 Å². The van der Waals surface area contributed by atoms with Crippen LogP contribution in [0.2, 0.25) is 0 Å². The first-order valence-electron chi connectivity index (χ1n) is 10.9. The third kappa shape index (κ3) is 3.87. The maximum atomic E-state index is 13.3. The fourth-order valence-corrected chi connectivity index (χ4v) is 4.68. The Labute approximate surface area is 200 Å². The van der Waals surface area contributed by atoms with Crippen LogP contribution in [0.3, 0.4) is 0 Å². The Kier molecular flexibility index (Phi) is 5.28. The lowest BCUT2D eigenvalue weighted by Crippen LogP contribution is -2.28. The Hall–Kier alpha value is -3.86. The van der Waals surface area contributed by atoms with Gasteiger partial charge >= 0.3 is 0 Å². The number of aromatic amines is 1. The first-order chi connectivity index (χ1) is 16.2. The number of imidazole rings is 1. The third-order valence-electron chi connectivity index (χ3n) is 5.58. The number of nitrogens with one attached hydrogen (secondary N) is 2. The van der Waals surface area contributed by atoms with Crippen LogP contribution in [0.5, 0.6) is 0 Å². The van der Waals surface area contributed by atoms with Crippen LogP contribution in [-0.2, 0) is 5.41 Å². The van der Waals surface area contributed by atoms with Crippen LogP contribution in [0, 0.1) is 6.92 Å². The molecule has 0 aliphatic rings. The van der Waals surface area contributed by atoms with Gasteiger partial charge in [-0.05, 0) is 32.0 Å². The number of pyridine rings is 1. The van der Waals surface area contributed by atoms with Gasteiger partial charge in [-0.1, -0.05) is 26.0 Å². The van der Waals surface area contributed by atoms with Crippen molar-refractivity contribution in [2.45, 2.75) is 46.1 Å². The Morgan fingerprint density at radius 2 is 2.03 bits per heavy atom. The maximum absolute atomic E-state index is 13.3. The van der Waals surface area contributed by atoms with Crippen LogP contribution in [-0.4, -0.2) is 45.5 Å². The van der Waals surface area contributed by atoms with Crippen molar-refractivity contribution in [1.29, 1.82) is 0 Å². The lowest BCUT2D eigenvalue weighted by molar-refractivity contribution is 0.0938. The summed E-state index contributed by atoms with van der Waals surface area (Å²) in [7, 11) is 0. The van der Waals surface area contributed by atoms with Crippen molar-refractivity contribution >= 4 is 22.9 Å². The molecule has 0 bridgehead atoms. The van der Waals surface area contributed by atoms with Crippen LogP contribution in [0.1, 0.15) is 60.5 Å². The van der Waals surface area contributed by atoms with E-state index in [-0.39, 0.29) is 17.4 Å². The molecule has 0 unspecified atom stereocenters. The fraction of sp³-hybridized carbons (Fsp3) is 0.304. The van der Waals surface area contributed by atoms with Gasteiger partial charge in [-0.25, -0.2) is 9.67 Å². The van der Waals surface area contributed by atoms with Crippen LogP contribution in [0.15, 0.2) is 43.1 Å². The highest BCUT2D eigenvalue weighted by molar-refractivity contribution is 7.15. The average molecular weight is 476 g/mol. The van der Waals surface area contributed by atoms with Crippen LogP contribution in [0.25, 0.3) is 21.9 Å². The standard InChI is InChI=1S/C23H25N9OS/c1-13-6-7-18(34-13)17-9-24-21-16(32-19(10-26-30-32)23(3,4)5)8-15(11-31(17)21)22(33)28-14(2)20-25-12-27-29-20/h6-12,14H,1-5H3,(H,28,33)(H,25,27,29)/t14-/m0/s1. The Morgan fingerprint density at radius 3 is 2.71 bits per heavy atom. The van der Waals surface area contributed by atoms with Gasteiger partial charge in [0, 0.05) is 16.5 Å². The Morgan fingerprint density at radius 1 is 1.21 bits per heavy atom. The minimum Gasteiger partial charge on any atom is -0.342 e. The Balaban J connectivity index is 1.67. The number of carbonyl (C=O) groups is 1. The van der Waals surface area contributed by atoms with Crippen molar-refractivity contribution in [2.75, 3.05) is 0 Å². The van der Waals surface area contributed by atoms with Gasteiger partial charge < -0.3 is 10.3 Å². The monoisotopic (exact) mass is 475 g/mol. The van der Waals surface area contributed by atoms with Crippen molar-refractivity contribution < 1.29 is 4.79 Å². The molecule has 10 nitrogen and oxygen atoms in total. The average Bonchev–Trinajstić information content (AvgIpc) is 3.58. The van der Waals surface area contributed by atoms with Gasteiger partial charge in [0.1, 0.15) is 12.0 Å². The van der Waals surface area contributed by atoms with Crippen molar-refractivity contribution in [3.05, 3.63) is 65.1 Å². The summed E-state index contributed by atoms with van der Waals surface area (Å²) in [5.41, 5.74) is 3.46. The van der Waals surface area contributed by atoms with Gasteiger partial charge in [-0.15, -0.1) is 26.6 Å². The molecule has 1 amide bonds. The number of hydrogen-bond donors (Lipinski definition) is 2. The number of carbonyl (C=O) groups excluding carboxylic acids is 1. The van der Waals surface area contributed by atoms with Crippen molar-refractivity contribution in [1.82, 2.24) is 44.9 Å². The number of nitrogens with zero attached hydrogens (tertiary/aromatic N) is 7. The molecule has 5 heterocycles. The molecule has 0 aromatic carbocycles. The van der Waals surface area contributed by atoms with Crippen LogP contribution in [0.4, 0.5) is 0 Å². The van der Waals surface area contributed by atoms with E-state index in [0.29, 0.717) is 22.7 Å². The van der Waals surface area contributed by atoms with E-state index in [9.17, 15) is 4.79 Å². The topological polar surface area (TPSA) is 119 Å². The van der Waals surface area contributed by atoms with E-state index in [1.165, 1.54) is 11.2 Å². The third-order valence-corrected chi connectivity index (χ3v) is 6.60. The van der Waals surface area contributed by atoms with E-state index in [1.54, 1.807) is 28.3 Å². The number of aryl methyl sites for hydroxylation is 1. The summed E-state index contributed by atoms with van der Waals surface area (Å²) in [5, 5.41) is 19.3. The number of H-pyrrole nitrogens is 1. The van der Waals surface area contributed by atoms with Crippen molar-refractivity contribution in [3.8, 4) is 16.3 Å². The van der Waals surface area contributed by atoms with Crippen LogP contribution < -0.4 is 5.32 Å². The highest BCUT2D eigenvalue weighted by Gasteiger charge is 2.25. The molecule has 0 spiro atoms. The van der Waals surface area contributed by atoms with Gasteiger partial charge in [0.15, 0.2) is 11.5 Å². The fourth-order valence-electron chi connectivity index (χ4n) is 3.80. The molecule has 34 heavy (non-hydrogen) atoms. The Bertz CT molecular complexity index is 1470. The summed E-state index contributed by atoms with van der Waals surface area (Å²) in [4.78, 5) is 23.2. The van der Waals surface area contributed by atoms with Crippen LogP contribution >= 0.6 is 11.3 Å². The second-order valence-corrected chi connectivity index (χ2v) is 10.5. The summed E-state index contributed by atoms with van der Waals surface area (Å²) < 4.78 is 3.71. The van der Waals surface area contributed by atoms with E-state index in [2.05, 4.69) is 70.6 Å². The highest BCUT2D eigenvalue weighted by atomic mass is 32.1. The predicted octanol–water partition coefficient (Wildman–Crippen LogP) is 3.86. The second kappa shape index (κ2) is 8.17. The summed E-state index contributed by atoms with van der Waals surface area (Å²) >= 11 is 1.68. The van der Waals surface area contributed by atoms with Crippen molar-refractivity contribution in [3.63, 3.8) is 0 Å². The van der Waals surface area contributed by atoms with Gasteiger partial charge in [-0.2, -0.15) is 0 Å². The summed E-state index contributed by atoms with van der Waals surface area (Å²) in [6, 6.07) is 5.61. The smallest absolute Gasteiger partial charge is 0.253 e. The second-order valence-electron chi connectivity index (χ2n) is 9.21. The SMILES string of the molecule is Cc1ccc(-c2cnc3c(-n4nncc4C(C)(C)C)cc(C(=O)N[C@@H](C)c4nnc[nH]4)cn23)s1. The number of thiophene rings is 1. The minimum atomic E-state index is -0.340. The number of aromatic nitrogens is 8. The molecule has 2 N–H and O–H groups in total. The minimum absolute atomic E-state index is 0.208. The molecule has 5 aromatic rings. The maximum Gasteiger partial charge on any atom is 0.253 e. The molecule has 11 heteroatoms. The number of amides is 1. The molecule has 174 valence electrons. The zero-order valence-corrected chi connectivity index (χ0v) is 20.4. The van der Waals surface area contributed by atoms with Gasteiger partial charge in [0.05, 0.1) is 40.3 Å². The molecule has 0 aliphatic heterocycles. The molecule has 0 saturated carbocycles. The van der Waals surface area contributed by atoms with E-state index in [4.69, 9.17) is 4.98 Å². The predicted molar refractivity (Wildman–Crippen MR) is 129 cm³/mol. The highest BCUT2D eigenvalue weighted by Crippen LogP contribution is 2.32. The first kappa shape index (κ1) is 22.0. The van der Waals surface area contributed by atoms with Gasteiger partial charge in [0.2, 0.25) is 0 Å². The first-order valence-corrected chi connectivity index (χ1v) is 11.7. The number of fused-ring (bicyclic) bond motifs is 1. The largest absolute Gasteiger partial charge is 0.342 e. The molecular formula is C23H25N9OS. The summed E-state index contributed by atoms with van der Waals surface area (Å²) in [6.45, 7) is 10.2. The number of rotatable bonds is 5. The summed E-state index contributed by atoms with van der Waals surface area (Å²) in [5.74, 6) is 0.338. The van der Waals surface area contributed by atoms with E-state index >= 15 is 0 Å². The molecule has 0 aliphatic carbocycles. The molecule has 0 radical (unpaired) electrons. The quantitative estimate of drug-likeness (QED) is 0.398. The molecule has 5 rings (SSSR count). The van der Waals surface area contributed by atoms with Gasteiger partial charge in [0.25, 0.3) is 5.91 Å². The molecule has 0 fully saturated rings. The zero-order valence-electron chi connectivity index (χ0n) is 19.6. The normalized spacial score (nSPS) is 12.9. The van der Waals surface area contributed by atoms with Gasteiger partial charge in [-0.3, -0.25) is 9.20 Å². The molecular weight excluding hydrogens is 450 g/mol. The van der Waals surface area contributed by atoms with E-state index in [0.717, 1.165) is 16.3 Å². The van der Waals surface area contributed by atoms with E-state index in [1.807, 2.05) is 23.7 Å². The lowest BCUT2D eigenvalue weighted by Gasteiger charge is -2.20. The molecule has 0 saturated heterocycles. The lowest BCUT2D eigenvalue weighted by atomic mass is 9.92. The molecule has 5 aromatic heterocycles. The zero-order chi connectivity index (χ0) is 24.0. The number of hydrogen-bond acceptors (Lipinski definition) is 7. The molecule has 1 atom stereocenters. The van der Waals surface area contributed by atoms with E-state index < -0.39 is 0 Å². The summed E-state index contributed by atoms with van der Waals surface area (Å²) in [6.07, 6.45) is 6.88.